The average molecular weight is 204 g/mol. The molecule has 1 aromatic rings. The Bertz CT molecular complexity index is 368. The molecule has 0 N–H and O–H groups in total. The van der Waals surface area contributed by atoms with Gasteiger partial charge in [-0.25, -0.2) is 0 Å². The molecule has 3 nitrogen and oxygen atoms in total. The molecule has 0 aliphatic carbocycles. The summed E-state index contributed by atoms with van der Waals surface area (Å²) in [5, 5.41) is 8.61. The van der Waals surface area contributed by atoms with E-state index in [1.54, 1.807) is 7.11 Å². The molecular weight excluding hydrogens is 188 g/mol. The van der Waals surface area contributed by atoms with Crippen LogP contribution < -0.4 is 9.64 Å². The van der Waals surface area contributed by atoms with Crippen molar-refractivity contribution in [2.75, 3.05) is 25.6 Å². The summed E-state index contributed by atoms with van der Waals surface area (Å²) in [4.78, 5) is 1.92. The smallest absolute Gasteiger partial charge is 0.122 e. The molecule has 1 rings (SSSR count). The molecule has 0 amide bonds. The number of nitrogens with zero attached hydrogens (tertiary/aromatic N) is 2. The molecule has 0 fully saturated rings. The molecule has 0 aromatic heterocycles. The van der Waals surface area contributed by atoms with Gasteiger partial charge in [0.1, 0.15) is 12.3 Å². The lowest BCUT2D eigenvalue weighted by atomic mass is 10.1. The van der Waals surface area contributed by atoms with E-state index in [0.717, 1.165) is 17.9 Å². The van der Waals surface area contributed by atoms with E-state index in [2.05, 4.69) is 19.1 Å². The highest BCUT2D eigenvalue weighted by Crippen LogP contribution is 2.24. The number of anilines is 1. The molecule has 0 unspecified atom stereocenters. The van der Waals surface area contributed by atoms with Gasteiger partial charge in [0.2, 0.25) is 0 Å². The number of ether oxygens (including phenoxy) is 1. The third kappa shape index (κ3) is 2.63. The van der Waals surface area contributed by atoms with E-state index in [1.165, 1.54) is 5.56 Å². The van der Waals surface area contributed by atoms with Crippen molar-refractivity contribution in [2.45, 2.75) is 13.3 Å². The van der Waals surface area contributed by atoms with E-state index in [4.69, 9.17) is 10.00 Å². The molecule has 0 atom stereocenters. The molecule has 0 aliphatic heterocycles. The largest absolute Gasteiger partial charge is 0.496 e. The lowest BCUT2D eigenvalue weighted by Crippen LogP contribution is -2.17. The van der Waals surface area contributed by atoms with Gasteiger partial charge in [-0.3, -0.25) is 0 Å². The molecule has 1 aromatic carbocycles. The van der Waals surface area contributed by atoms with Crippen molar-refractivity contribution in [1.29, 1.82) is 5.26 Å². The minimum atomic E-state index is 0.398. The Morgan fingerprint density at radius 2 is 2.20 bits per heavy atom. The Morgan fingerprint density at radius 3 is 2.73 bits per heavy atom. The van der Waals surface area contributed by atoms with Gasteiger partial charge in [0, 0.05) is 12.7 Å². The summed E-state index contributed by atoms with van der Waals surface area (Å²) in [5.41, 5.74) is 2.22. The molecule has 0 aliphatic rings. The first-order valence-corrected chi connectivity index (χ1v) is 4.98. The Balaban J connectivity index is 2.98. The highest BCUT2D eigenvalue weighted by Gasteiger charge is 2.05. The summed E-state index contributed by atoms with van der Waals surface area (Å²) in [6, 6.07) is 8.11. The highest BCUT2D eigenvalue weighted by molar-refractivity contribution is 5.53. The number of benzene rings is 1. The molecule has 3 heteroatoms. The van der Waals surface area contributed by atoms with Crippen molar-refractivity contribution in [3.8, 4) is 11.8 Å². The van der Waals surface area contributed by atoms with E-state index in [-0.39, 0.29) is 0 Å². The molecule has 0 spiro atoms. The molecular formula is C12H16N2O. The Morgan fingerprint density at radius 1 is 1.47 bits per heavy atom. The molecule has 80 valence electrons. The monoisotopic (exact) mass is 204 g/mol. The van der Waals surface area contributed by atoms with Crippen LogP contribution in [0.25, 0.3) is 0 Å². The number of hydrogen-bond donors (Lipinski definition) is 0. The van der Waals surface area contributed by atoms with Crippen molar-refractivity contribution >= 4 is 5.69 Å². The van der Waals surface area contributed by atoms with E-state index in [1.807, 2.05) is 24.1 Å². The quantitative estimate of drug-likeness (QED) is 0.705. The van der Waals surface area contributed by atoms with Gasteiger partial charge in [-0.1, -0.05) is 6.92 Å². The minimum absolute atomic E-state index is 0.398. The van der Waals surface area contributed by atoms with Crippen molar-refractivity contribution < 1.29 is 4.74 Å². The molecule has 0 heterocycles. The van der Waals surface area contributed by atoms with Crippen LogP contribution in [0, 0.1) is 11.3 Å². The van der Waals surface area contributed by atoms with Gasteiger partial charge in [-0.05, 0) is 30.2 Å². The van der Waals surface area contributed by atoms with Crippen molar-refractivity contribution in [1.82, 2.24) is 0 Å². The topological polar surface area (TPSA) is 36.3 Å². The summed E-state index contributed by atoms with van der Waals surface area (Å²) in [6.07, 6.45) is 0.928. The fraction of sp³-hybridized carbons (Fsp3) is 0.417. The van der Waals surface area contributed by atoms with E-state index < -0.39 is 0 Å². The second kappa shape index (κ2) is 5.26. The second-order valence-electron chi connectivity index (χ2n) is 3.36. The maximum absolute atomic E-state index is 8.61. The Hall–Kier alpha value is -1.69. The van der Waals surface area contributed by atoms with E-state index in [0.29, 0.717) is 6.54 Å². The first-order valence-electron chi connectivity index (χ1n) is 4.98. The lowest BCUT2D eigenvalue weighted by Gasteiger charge is -2.17. The molecule has 15 heavy (non-hydrogen) atoms. The first kappa shape index (κ1) is 11.4. The van der Waals surface area contributed by atoms with Gasteiger partial charge < -0.3 is 9.64 Å². The third-order valence-electron chi connectivity index (χ3n) is 2.39. The van der Waals surface area contributed by atoms with Crippen LogP contribution in [0.5, 0.6) is 5.75 Å². The Kier molecular flexibility index (Phi) is 3.99. The number of rotatable bonds is 4. The maximum Gasteiger partial charge on any atom is 0.122 e. The number of hydrogen-bond acceptors (Lipinski definition) is 3. The third-order valence-corrected chi connectivity index (χ3v) is 2.39. The van der Waals surface area contributed by atoms with Crippen molar-refractivity contribution in [3.05, 3.63) is 23.8 Å². The standard InChI is InChI=1S/C12H16N2O/c1-4-10-9-11(14(2)8-7-13)5-6-12(10)15-3/h5-6,9H,4,8H2,1-3H3. The summed E-state index contributed by atoms with van der Waals surface area (Å²) < 4.78 is 5.25. The predicted molar refractivity (Wildman–Crippen MR) is 61.3 cm³/mol. The predicted octanol–water partition coefficient (Wildman–Crippen LogP) is 2.22. The van der Waals surface area contributed by atoms with Crippen LogP contribution in [0.15, 0.2) is 18.2 Å². The van der Waals surface area contributed by atoms with Gasteiger partial charge in [0.25, 0.3) is 0 Å². The van der Waals surface area contributed by atoms with Crippen LogP contribution in [0.3, 0.4) is 0 Å². The zero-order valence-electron chi connectivity index (χ0n) is 9.45. The van der Waals surface area contributed by atoms with Crippen LogP contribution >= 0.6 is 0 Å². The second-order valence-corrected chi connectivity index (χ2v) is 3.36. The summed E-state index contributed by atoms with van der Waals surface area (Å²) in [5.74, 6) is 0.909. The maximum atomic E-state index is 8.61. The van der Waals surface area contributed by atoms with Gasteiger partial charge >= 0.3 is 0 Å². The zero-order chi connectivity index (χ0) is 11.3. The van der Waals surface area contributed by atoms with Crippen LogP contribution in [0.4, 0.5) is 5.69 Å². The van der Waals surface area contributed by atoms with E-state index in [9.17, 15) is 0 Å². The normalized spacial score (nSPS) is 9.47. The van der Waals surface area contributed by atoms with Crippen molar-refractivity contribution in [2.24, 2.45) is 0 Å². The minimum Gasteiger partial charge on any atom is -0.496 e. The van der Waals surface area contributed by atoms with Crippen LogP contribution in [-0.2, 0) is 6.42 Å². The van der Waals surface area contributed by atoms with Gasteiger partial charge in [0.05, 0.1) is 13.2 Å². The van der Waals surface area contributed by atoms with E-state index >= 15 is 0 Å². The SMILES string of the molecule is CCc1cc(N(C)CC#N)ccc1OC. The summed E-state index contributed by atoms with van der Waals surface area (Å²) in [6.45, 7) is 2.49. The van der Waals surface area contributed by atoms with Gasteiger partial charge in [-0.2, -0.15) is 5.26 Å². The lowest BCUT2D eigenvalue weighted by molar-refractivity contribution is 0.410. The van der Waals surface area contributed by atoms with Gasteiger partial charge in [0.15, 0.2) is 0 Å². The Labute approximate surface area is 90.9 Å². The first-order chi connectivity index (χ1) is 7.22. The molecule has 0 radical (unpaired) electrons. The molecule has 0 saturated heterocycles. The van der Waals surface area contributed by atoms with Crippen molar-refractivity contribution in [3.63, 3.8) is 0 Å². The average Bonchev–Trinajstić information content (AvgIpc) is 2.28. The fourth-order valence-electron chi connectivity index (χ4n) is 1.48. The molecule has 0 bridgehead atoms. The number of aryl methyl sites for hydroxylation is 1. The summed E-state index contributed by atoms with van der Waals surface area (Å²) >= 11 is 0. The van der Waals surface area contributed by atoms with Crippen LogP contribution in [-0.4, -0.2) is 20.7 Å². The van der Waals surface area contributed by atoms with Crippen LogP contribution in [0.2, 0.25) is 0 Å². The number of nitriles is 1. The van der Waals surface area contributed by atoms with Crippen LogP contribution in [0.1, 0.15) is 12.5 Å². The zero-order valence-corrected chi connectivity index (χ0v) is 9.45. The number of methoxy groups -OCH3 is 1. The summed E-state index contributed by atoms with van der Waals surface area (Å²) in [7, 11) is 3.58. The highest BCUT2D eigenvalue weighted by atomic mass is 16.5. The fourth-order valence-corrected chi connectivity index (χ4v) is 1.48. The van der Waals surface area contributed by atoms with Gasteiger partial charge in [-0.15, -0.1) is 0 Å². The molecule has 0 saturated carbocycles.